The molecule has 0 unspecified atom stereocenters. The van der Waals surface area contributed by atoms with Crippen LogP contribution in [0.5, 0.6) is 0 Å². The van der Waals surface area contributed by atoms with Gasteiger partial charge in [0.05, 0.1) is 16.3 Å². The van der Waals surface area contributed by atoms with E-state index in [4.69, 9.17) is 16.7 Å². The molecule has 168 valence electrons. The number of hydrogen-bond donors (Lipinski definition) is 0. The molecule has 0 saturated carbocycles. The van der Waals surface area contributed by atoms with Crippen LogP contribution in [0.4, 0.5) is 5.69 Å². The zero-order chi connectivity index (χ0) is 23.0. The average Bonchev–Trinajstić information content (AvgIpc) is 3.20. The zero-order valence-electron chi connectivity index (χ0n) is 18.0. The summed E-state index contributed by atoms with van der Waals surface area (Å²) < 4.78 is 30.8. The molecule has 0 spiro atoms. The van der Waals surface area contributed by atoms with E-state index in [2.05, 4.69) is 0 Å². The van der Waals surface area contributed by atoms with Crippen molar-refractivity contribution >= 4 is 39.1 Å². The molecule has 5 nitrogen and oxygen atoms in total. The summed E-state index contributed by atoms with van der Waals surface area (Å²) in [6.07, 6.45) is 1.44. The fourth-order valence-corrected chi connectivity index (χ4v) is 6.66. The number of para-hydroxylation sites is 1. The maximum absolute atomic E-state index is 13.7. The summed E-state index contributed by atoms with van der Waals surface area (Å²) in [6, 6.07) is 24.3. The number of halogens is 1. The third kappa shape index (κ3) is 4.28. The van der Waals surface area contributed by atoms with E-state index in [1.54, 1.807) is 12.1 Å². The number of aryl methyl sites for hydroxylation is 2. The molecule has 0 radical (unpaired) electrons. The lowest BCUT2D eigenvalue weighted by atomic mass is 10.1. The van der Waals surface area contributed by atoms with E-state index in [1.165, 1.54) is 16.1 Å². The van der Waals surface area contributed by atoms with Crippen LogP contribution < -0.4 is 4.31 Å². The molecular weight excluding hydrogens is 474 g/mol. The van der Waals surface area contributed by atoms with Crippen LogP contribution in [0.25, 0.3) is 5.69 Å². The lowest BCUT2D eigenvalue weighted by Crippen LogP contribution is -2.35. The van der Waals surface area contributed by atoms with Crippen LogP contribution in [-0.4, -0.2) is 24.7 Å². The molecule has 5 rings (SSSR count). The fourth-order valence-electron chi connectivity index (χ4n) is 3.89. The zero-order valence-corrected chi connectivity index (χ0v) is 20.4. The maximum atomic E-state index is 13.7. The van der Waals surface area contributed by atoms with Gasteiger partial charge in [-0.3, -0.25) is 4.31 Å². The van der Waals surface area contributed by atoms with Gasteiger partial charge in [-0.1, -0.05) is 59.3 Å². The number of rotatable bonds is 5. The van der Waals surface area contributed by atoms with E-state index in [0.29, 0.717) is 17.3 Å². The van der Waals surface area contributed by atoms with Crippen LogP contribution in [0.2, 0.25) is 5.02 Å². The highest BCUT2D eigenvalue weighted by atomic mass is 35.5. The Bertz CT molecular complexity index is 1380. The van der Waals surface area contributed by atoms with Crippen molar-refractivity contribution in [3.63, 3.8) is 0 Å². The van der Waals surface area contributed by atoms with Gasteiger partial charge in [0.1, 0.15) is 10.7 Å². The van der Waals surface area contributed by atoms with E-state index < -0.39 is 10.0 Å². The molecule has 1 aliphatic rings. The highest BCUT2D eigenvalue weighted by Gasteiger charge is 2.35. The first kappa shape index (κ1) is 22.1. The van der Waals surface area contributed by atoms with Gasteiger partial charge in [0.25, 0.3) is 10.0 Å². The molecule has 1 aromatic heterocycles. The van der Waals surface area contributed by atoms with Crippen molar-refractivity contribution < 1.29 is 8.42 Å². The number of anilines is 1. The van der Waals surface area contributed by atoms with Gasteiger partial charge < -0.3 is 0 Å². The predicted molar refractivity (Wildman–Crippen MR) is 133 cm³/mol. The van der Waals surface area contributed by atoms with Gasteiger partial charge in [-0.15, -0.1) is 0 Å². The smallest absolute Gasteiger partial charge is 0.262 e. The van der Waals surface area contributed by atoms with Crippen molar-refractivity contribution in [2.24, 2.45) is 0 Å². The summed E-state index contributed by atoms with van der Waals surface area (Å²) in [7, 11) is -3.74. The molecule has 8 heteroatoms. The molecule has 0 saturated heterocycles. The summed E-state index contributed by atoms with van der Waals surface area (Å²) in [4.78, 5) is 1.24. The van der Waals surface area contributed by atoms with Crippen LogP contribution in [0.3, 0.4) is 0 Å². The second-order valence-electron chi connectivity index (χ2n) is 7.90. The predicted octanol–water partition coefficient (Wildman–Crippen LogP) is 6.13. The van der Waals surface area contributed by atoms with E-state index >= 15 is 0 Å². The van der Waals surface area contributed by atoms with Gasteiger partial charge in [0.15, 0.2) is 0 Å². The largest absolute Gasteiger partial charge is 0.264 e. The standard InChI is InChI=1S/C25H22ClN3O2S2/c1-18-9-15-22(16-10-18)33(30,31)28-17-5-8-23-24(28)25(32-21-13-11-19(26)12-14-21)29(27-23)20-6-3-2-4-7-20/h2-4,6-7,9-16H,5,8,17H2,1H3. The number of fused-ring (bicyclic) bond motifs is 1. The van der Waals surface area contributed by atoms with Crippen LogP contribution in [0.15, 0.2) is 93.7 Å². The number of benzene rings is 3. The molecule has 3 aromatic carbocycles. The molecule has 0 N–H and O–H groups in total. The molecule has 2 heterocycles. The molecule has 0 atom stereocenters. The van der Waals surface area contributed by atoms with Crippen LogP contribution in [0.1, 0.15) is 17.7 Å². The Kier molecular flexibility index (Phi) is 5.95. The highest BCUT2D eigenvalue weighted by Crippen LogP contribution is 2.43. The monoisotopic (exact) mass is 495 g/mol. The van der Waals surface area contributed by atoms with Crippen LogP contribution in [-0.2, 0) is 16.4 Å². The van der Waals surface area contributed by atoms with Crippen molar-refractivity contribution in [1.29, 1.82) is 0 Å². The first-order chi connectivity index (χ1) is 15.9. The molecule has 0 aliphatic carbocycles. The summed E-state index contributed by atoms with van der Waals surface area (Å²) in [5.74, 6) is 0. The second-order valence-corrected chi connectivity index (χ2v) is 11.3. The van der Waals surface area contributed by atoms with Gasteiger partial charge in [-0.05, 0) is 68.3 Å². The Balaban J connectivity index is 1.68. The summed E-state index contributed by atoms with van der Waals surface area (Å²) in [5, 5.41) is 6.30. The van der Waals surface area contributed by atoms with Gasteiger partial charge in [-0.25, -0.2) is 13.1 Å². The normalized spacial score (nSPS) is 13.7. The fraction of sp³-hybridized carbons (Fsp3) is 0.160. The number of aromatic nitrogens is 2. The molecule has 33 heavy (non-hydrogen) atoms. The van der Waals surface area contributed by atoms with Crippen molar-refractivity contribution in [2.75, 3.05) is 10.8 Å². The van der Waals surface area contributed by atoms with Gasteiger partial charge in [0.2, 0.25) is 0 Å². The van der Waals surface area contributed by atoms with E-state index in [0.717, 1.165) is 39.7 Å². The quantitative estimate of drug-likeness (QED) is 0.334. The molecule has 1 aliphatic heterocycles. The average molecular weight is 496 g/mol. The number of nitrogens with zero attached hydrogens (tertiary/aromatic N) is 3. The Morgan fingerprint density at radius 3 is 2.33 bits per heavy atom. The van der Waals surface area contributed by atoms with Gasteiger partial charge >= 0.3 is 0 Å². The van der Waals surface area contributed by atoms with E-state index in [1.807, 2.05) is 78.3 Å². The minimum atomic E-state index is -3.74. The van der Waals surface area contributed by atoms with Gasteiger partial charge in [-0.2, -0.15) is 5.10 Å². The Hall–Kier alpha value is -2.74. The molecule has 0 amide bonds. The van der Waals surface area contributed by atoms with E-state index in [-0.39, 0.29) is 4.90 Å². The third-order valence-corrected chi connectivity index (χ3v) is 8.68. The van der Waals surface area contributed by atoms with Crippen molar-refractivity contribution in [3.8, 4) is 5.69 Å². The molecule has 0 bridgehead atoms. The first-order valence-corrected chi connectivity index (χ1v) is 13.3. The summed E-state index contributed by atoms with van der Waals surface area (Å²) >= 11 is 7.58. The minimum Gasteiger partial charge on any atom is -0.262 e. The lowest BCUT2D eigenvalue weighted by molar-refractivity contribution is 0.586. The Morgan fingerprint density at radius 1 is 0.939 bits per heavy atom. The third-order valence-electron chi connectivity index (χ3n) is 5.55. The van der Waals surface area contributed by atoms with Crippen molar-refractivity contribution in [2.45, 2.75) is 34.6 Å². The number of hydrogen-bond acceptors (Lipinski definition) is 4. The SMILES string of the molecule is Cc1ccc(S(=O)(=O)N2CCCc3nn(-c4ccccc4)c(Sc4ccc(Cl)cc4)c32)cc1. The lowest BCUT2D eigenvalue weighted by Gasteiger charge is -2.28. The van der Waals surface area contributed by atoms with E-state index in [9.17, 15) is 8.42 Å². The van der Waals surface area contributed by atoms with Crippen molar-refractivity contribution in [3.05, 3.63) is 95.1 Å². The molecule has 0 fully saturated rings. The van der Waals surface area contributed by atoms with Crippen molar-refractivity contribution in [1.82, 2.24) is 9.78 Å². The summed E-state index contributed by atoms with van der Waals surface area (Å²) in [5.41, 5.74) is 3.35. The van der Waals surface area contributed by atoms with Crippen LogP contribution in [0, 0.1) is 6.92 Å². The Labute approximate surface area is 203 Å². The first-order valence-electron chi connectivity index (χ1n) is 10.6. The Morgan fingerprint density at radius 2 is 1.64 bits per heavy atom. The number of sulfonamides is 1. The molecular formula is C25H22ClN3O2S2. The summed E-state index contributed by atoms with van der Waals surface area (Å²) in [6.45, 7) is 2.36. The highest BCUT2D eigenvalue weighted by molar-refractivity contribution is 7.99. The molecule has 4 aromatic rings. The minimum absolute atomic E-state index is 0.288. The topological polar surface area (TPSA) is 55.2 Å². The van der Waals surface area contributed by atoms with Gasteiger partial charge in [0, 0.05) is 16.5 Å². The maximum Gasteiger partial charge on any atom is 0.264 e. The van der Waals surface area contributed by atoms with Crippen LogP contribution >= 0.6 is 23.4 Å². The second kappa shape index (κ2) is 8.89.